The Morgan fingerprint density at radius 3 is 2.90 bits per heavy atom. The maximum Gasteiger partial charge on any atom is 0.227 e. The average molecular weight is 330 g/mol. The molecule has 1 aromatic carbocycles. The number of sulfone groups is 1. The number of carbonyl (C=O) groups excluding carboxylic acids is 1. The van der Waals surface area contributed by atoms with Gasteiger partial charge >= 0.3 is 0 Å². The summed E-state index contributed by atoms with van der Waals surface area (Å²) < 4.78 is 28.4. The maximum absolute atomic E-state index is 12.2. The highest BCUT2D eigenvalue weighted by molar-refractivity contribution is 7.91. The normalized spacial score (nSPS) is 26.7. The zero-order valence-electron chi connectivity index (χ0n) is 11.3. The standard InChI is InChI=1S/C14H16ClNO4S/c15-11-1-2-13-9(6-11)5-10(7-20-13)14(17)16-12-3-4-21(18,19)8-12/h1-2,6,10,12H,3-5,7-8H2,(H,16,17)/t10-,12-/m1/s1. The lowest BCUT2D eigenvalue weighted by molar-refractivity contribution is -0.126. The van der Waals surface area contributed by atoms with Crippen molar-refractivity contribution in [2.75, 3.05) is 18.1 Å². The van der Waals surface area contributed by atoms with Crippen LogP contribution in [0.1, 0.15) is 12.0 Å². The van der Waals surface area contributed by atoms with Crippen LogP contribution in [0.3, 0.4) is 0 Å². The van der Waals surface area contributed by atoms with Crippen molar-refractivity contribution >= 4 is 27.3 Å². The highest BCUT2D eigenvalue weighted by Gasteiger charge is 2.32. The highest BCUT2D eigenvalue weighted by atomic mass is 35.5. The van der Waals surface area contributed by atoms with E-state index in [9.17, 15) is 13.2 Å². The van der Waals surface area contributed by atoms with Gasteiger partial charge in [0.15, 0.2) is 9.84 Å². The van der Waals surface area contributed by atoms with E-state index in [-0.39, 0.29) is 29.4 Å². The summed E-state index contributed by atoms with van der Waals surface area (Å²) in [5.41, 5.74) is 0.910. The van der Waals surface area contributed by atoms with E-state index < -0.39 is 9.84 Å². The molecule has 5 nitrogen and oxygen atoms in total. The van der Waals surface area contributed by atoms with Gasteiger partial charge < -0.3 is 10.1 Å². The smallest absolute Gasteiger partial charge is 0.227 e. The molecule has 0 spiro atoms. The fourth-order valence-corrected chi connectivity index (χ4v) is 4.63. The molecule has 0 unspecified atom stereocenters. The summed E-state index contributed by atoms with van der Waals surface area (Å²) in [7, 11) is -2.99. The molecule has 1 amide bonds. The summed E-state index contributed by atoms with van der Waals surface area (Å²) in [5, 5.41) is 3.43. The van der Waals surface area contributed by atoms with Gasteiger partial charge in [-0.25, -0.2) is 8.42 Å². The van der Waals surface area contributed by atoms with Crippen molar-refractivity contribution in [1.82, 2.24) is 5.32 Å². The molecular formula is C14H16ClNO4S. The van der Waals surface area contributed by atoms with E-state index in [0.29, 0.717) is 24.5 Å². The van der Waals surface area contributed by atoms with Gasteiger partial charge in [0.25, 0.3) is 0 Å². The number of benzene rings is 1. The van der Waals surface area contributed by atoms with Crippen molar-refractivity contribution in [2.24, 2.45) is 5.92 Å². The average Bonchev–Trinajstić information content (AvgIpc) is 2.77. The molecule has 1 fully saturated rings. The van der Waals surface area contributed by atoms with E-state index >= 15 is 0 Å². The van der Waals surface area contributed by atoms with E-state index in [4.69, 9.17) is 16.3 Å². The van der Waals surface area contributed by atoms with Gasteiger partial charge in [0.05, 0.1) is 17.4 Å². The van der Waals surface area contributed by atoms with Crippen molar-refractivity contribution in [2.45, 2.75) is 18.9 Å². The predicted octanol–water partition coefficient (Wildman–Crippen LogP) is 1.19. The number of halogens is 1. The topological polar surface area (TPSA) is 72.5 Å². The van der Waals surface area contributed by atoms with E-state index in [1.54, 1.807) is 18.2 Å². The Morgan fingerprint density at radius 1 is 1.38 bits per heavy atom. The van der Waals surface area contributed by atoms with Crippen LogP contribution in [0.25, 0.3) is 0 Å². The number of nitrogens with one attached hydrogen (secondary N) is 1. The van der Waals surface area contributed by atoms with E-state index in [0.717, 1.165) is 11.3 Å². The van der Waals surface area contributed by atoms with Gasteiger partial charge in [-0.15, -0.1) is 0 Å². The predicted molar refractivity (Wildman–Crippen MR) is 79.3 cm³/mol. The lowest BCUT2D eigenvalue weighted by Gasteiger charge is -2.25. The van der Waals surface area contributed by atoms with Crippen LogP contribution >= 0.6 is 11.6 Å². The number of fused-ring (bicyclic) bond motifs is 1. The summed E-state index contributed by atoms with van der Waals surface area (Å²) in [6.07, 6.45) is 1.05. The Labute approximate surface area is 128 Å². The molecule has 0 aromatic heterocycles. The monoisotopic (exact) mass is 329 g/mol. The fourth-order valence-electron chi connectivity index (χ4n) is 2.76. The van der Waals surface area contributed by atoms with Gasteiger partial charge in [-0.05, 0) is 36.6 Å². The van der Waals surface area contributed by atoms with Gasteiger partial charge in [-0.1, -0.05) is 11.6 Å². The van der Waals surface area contributed by atoms with Gasteiger partial charge in [0.1, 0.15) is 12.4 Å². The summed E-state index contributed by atoms with van der Waals surface area (Å²) >= 11 is 5.95. The molecule has 1 N–H and O–H groups in total. The Kier molecular flexibility index (Phi) is 3.84. The summed E-state index contributed by atoms with van der Waals surface area (Å²) in [6.45, 7) is 0.305. The van der Waals surface area contributed by atoms with Gasteiger partial charge in [-0.3, -0.25) is 4.79 Å². The minimum Gasteiger partial charge on any atom is -0.492 e. The lowest BCUT2D eigenvalue weighted by Crippen LogP contribution is -2.43. The second kappa shape index (κ2) is 5.50. The molecule has 2 heterocycles. The zero-order valence-corrected chi connectivity index (χ0v) is 12.9. The Morgan fingerprint density at radius 2 is 2.19 bits per heavy atom. The molecule has 1 aromatic rings. The molecule has 0 bridgehead atoms. The summed E-state index contributed by atoms with van der Waals surface area (Å²) in [4.78, 5) is 12.2. The van der Waals surface area contributed by atoms with Gasteiger partial charge in [0, 0.05) is 11.1 Å². The molecular weight excluding hydrogens is 314 g/mol. The quantitative estimate of drug-likeness (QED) is 0.884. The third-order valence-corrected chi connectivity index (χ3v) is 5.88. The molecule has 2 aliphatic heterocycles. The van der Waals surface area contributed by atoms with Crippen LogP contribution < -0.4 is 10.1 Å². The zero-order chi connectivity index (χ0) is 15.0. The molecule has 7 heteroatoms. The van der Waals surface area contributed by atoms with E-state index in [1.165, 1.54) is 0 Å². The minimum atomic E-state index is -2.99. The highest BCUT2D eigenvalue weighted by Crippen LogP contribution is 2.30. The van der Waals surface area contributed by atoms with Crippen molar-refractivity contribution in [1.29, 1.82) is 0 Å². The van der Waals surface area contributed by atoms with Gasteiger partial charge in [0.2, 0.25) is 5.91 Å². The molecule has 0 radical (unpaired) electrons. The van der Waals surface area contributed by atoms with E-state index in [1.807, 2.05) is 0 Å². The fraction of sp³-hybridized carbons (Fsp3) is 0.500. The van der Waals surface area contributed by atoms with Crippen LogP contribution in [-0.4, -0.2) is 38.5 Å². The Balaban J connectivity index is 1.64. The second-order valence-electron chi connectivity index (χ2n) is 5.57. The van der Waals surface area contributed by atoms with Crippen molar-refractivity contribution in [3.63, 3.8) is 0 Å². The molecule has 114 valence electrons. The first-order chi connectivity index (χ1) is 9.93. The van der Waals surface area contributed by atoms with Crippen LogP contribution in [0.2, 0.25) is 5.02 Å². The third-order valence-electron chi connectivity index (χ3n) is 3.88. The molecule has 3 rings (SSSR count). The maximum atomic E-state index is 12.2. The third kappa shape index (κ3) is 3.32. The van der Waals surface area contributed by atoms with Crippen LogP contribution in [0, 0.1) is 5.92 Å². The first-order valence-corrected chi connectivity index (χ1v) is 9.05. The SMILES string of the molecule is O=C(N[C@@H]1CCS(=O)(=O)C1)[C@H]1COc2ccc(Cl)cc2C1. The first kappa shape index (κ1) is 14.7. The molecule has 2 aliphatic rings. The first-order valence-electron chi connectivity index (χ1n) is 6.85. The number of hydrogen-bond acceptors (Lipinski definition) is 4. The van der Waals surface area contributed by atoms with Crippen LogP contribution in [0.5, 0.6) is 5.75 Å². The molecule has 0 saturated carbocycles. The van der Waals surface area contributed by atoms with Crippen LogP contribution in [-0.2, 0) is 21.1 Å². The van der Waals surface area contributed by atoms with Crippen molar-refractivity contribution in [3.05, 3.63) is 28.8 Å². The largest absolute Gasteiger partial charge is 0.492 e. The van der Waals surface area contributed by atoms with Crippen LogP contribution in [0.15, 0.2) is 18.2 Å². The number of amides is 1. The number of carbonyl (C=O) groups is 1. The number of rotatable bonds is 2. The molecule has 0 aliphatic carbocycles. The van der Waals surface area contributed by atoms with E-state index in [2.05, 4.69) is 5.32 Å². The summed E-state index contributed by atoms with van der Waals surface area (Å²) in [6, 6.07) is 5.08. The van der Waals surface area contributed by atoms with Crippen molar-refractivity contribution in [3.8, 4) is 5.75 Å². The lowest BCUT2D eigenvalue weighted by atomic mass is 9.95. The molecule has 21 heavy (non-hydrogen) atoms. The summed E-state index contributed by atoms with van der Waals surface area (Å²) in [5.74, 6) is 0.487. The Bertz CT molecular complexity index is 674. The van der Waals surface area contributed by atoms with Crippen molar-refractivity contribution < 1.29 is 17.9 Å². The molecule has 2 atom stereocenters. The van der Waals surface area contributed by atoms with Gasteiger partial charge in [-0.2, -0.15) is 0 Å². The number of ether oxygens (including phenoxy) is 1. The number of hydrogen-bond donors (Lipinski definition) is 1. The second-order valence-corrected chi connectivity index (χ2v) is 8.24. The molecule has 1 saturated heterocycles. The minimum absolute atomic E-state index is 0.0364. The van der Waals surface area contributed by atoms with Crippen LogP contribution in [0.4, 0.5) is 0 Å². The Hall–Kier alpha value is -1.27.